The summed E-state index contributed by atoms with van der Waals surface area (Å²) in [5.74, 6) is 0.954. The number of hydrogen-bond acceptors (Lipinski definition) is 3. The normalized spacial score (nSPS) is 24.7. The van der Waals surface area contributed by atoms with E-state index in [1.54, 1.807) is 7.11 Å². The molecule has 0 spiro atoms. The summed E-state index contributed by atoms with van der Waals surface area (Å²) in [6.07, 6.45) is 4.42. The fourth-order valence-electron chi connectivity index (χ4n) is 1.70. The van der Waals surface area contributed by atoms with Crippen molar-refractivity contribution in [2.75, 3.05) is 12.4 Å². The smallest absolute Gasteiger partial charge is 0.126 e. The van der Waals surface area contributed by atoms with Gasteiger partial charge in [0.05, 0.1) is 6.10 Å². The van der Waals surface area contributed by atoms with E-state index in [1.807, 2.05) is 6.20 Å². The first-order chi connectivity index (χ1) is 7.19. The van der Waals surface area contributed by atoms with Crippen molar-refractivity contribution in [3.63, 3.8) is 0 Å². The molecule has 1 aromatic rings. The van der Waals surface area contributed by atoms with Gasteiger partial charge in [-0.05, 0) is 47.3 Å². The van der Waals surface area contributed by atoms with Crippen LogP contribution in [0.5, 0.6) is 0 Å². The lowest BCUT2D eigenvalue weighted by Crippen LogP contribution is -2.40. The first-order valence-electron chi connectivity index (χ1n) is 5.10. The molecule has 1 heterocycles. The van der Waals surface area contributed by atoms with Crippen LogP contribution in [-0.4, -0.2) is 24.2 Å². The standard InChI is InChI=1S/C11H15BrN2O/c1-7-3-11(13-6-10(7)12)14-8-4-9(5-8)15-2/h3,6,8-9H,4-5H2,1-2H3,(H,13,14). The first kappa shape index (κ1) is 10.9. The van der Waals surface area contributed by atoms with Crippen molar-refractivity contribution in [2.45, 2.75) is 31.9 Å². The monoisotopic (exact) mass is 270 g/mol. The molecular formula is C11H15BrN2O. The van der Waals surface area contributed by atoms with Gasteiger partial charge in [-0.3, -0.25) is 0 Å². The molecule has 1 aliphatic carbocycles. The third-order valence-electron chi connectivity index (χ3n) is 2.83. The fourth-order valence-corrected chi connectivity index (χ4v) is 1.92. The quantitative estimate of drug-likeness (QED) is 0.917. The van der Waals surface area contributed by atoms with Crippen LogP contribution in [0.3, 0.4) is 0 Å². The third kappa shape index (κ3) is 2.49. The summed E-state index contributed by atoms with van der Waals surface area (Å²) in [4.78, 5) is 4.31. The van der Waals surface area contributed by atoms with Gasteiger partial charge < -0.3 is 10.1 Å². The molecule has 1 aliphatic rings. The molecule has 1 aromatic heterocycles. The van der Waals surface area contributed by atoms with Crippen LogP contribution in [0.15, 0.2) is 16.7 Å². The van der Waals surface area contributed by atoms with E-state index in [1.165, 1.54) is 5.56 Å². The van der Waals surface area contributed by atoms with Gasteiger partial charge in [-0.2, -0.15) is 0 Å². The molecule has 15 heavy (non-hydrogen) atoms. The second kappa shape index (κ2) is 4.49. The molecule has 0 aromatic carbocycles. The van der Waals surface area contributed by atoms with Crippen LogP contribution < -0.4 is 5.32 Å². The van der Waals surface area contributed by atoms with E-state index >= 15 is 0 Å². The van der Waals surface area contributed by atoms with Crippen molar-refractivity contribution in [3.05, 3.63) is 22.3 Å². The van der Waals surface area contributed by atoms with Crippen molar-refractivity contribution < 1.29 is 4.74 Å². The zero-order chi connectivity index (χ0) is 10.8. The van der Waals surface area contributed by atoms with E-state index in [9.17, 15) is 0 Å². The topological polar surface area (TPSA) is 34.1 Å². The minimum absolute atomic E-state index is 0.430. The summed E-state index contributed by atoms with van der Waals surface area (Å²) < 4.78 is 6.28. The molecule has 4 heteroatoms. The highest BCUT2D eigenvalue weighted by atomic mass is 79.9. The van der Waals surface area contributed by atoms with Crippen molar-refractivity contribution in [1.29, 1.82) is 0 Å². The summed E-state index contributed by atoms with van der Waals surface area (Å²) in [7, 11) is 1.77. The zero-order valence-electron chi connectivity index (χ0n) is 8.96. The number of nitrogens with one attached hydrogen (secondary N) is 1. The molecule has 0 saturated heterocycles. The summed E-state index contributed by atoms with van der Waals surface area (Å²) in [6, 6.07) is 2.58. The van der Waals surface area contributed by atoms with Gasteiger partial charge in [0.25, 0.3) is 0 Å². The zero-order valence-corrected chi connectivity index (χ0v) is 10.5. The highest BCUT2D eigenvalue weighted by Gasteiger charge is 2.28. The Labute approximate surface area is 98.4 Å². The lowest BCUT2D eigenvalue weighted by atomic mass is 9.89. The van der Waals surface area contributed by atoms with Gasteiger partial charge in [-0.15, -0.1) is 0 Å². The highest BCUT2D eigenvalue weighted by Crippen LogP contribution is 2.26. The number of methoxy groups -OCH3 is 1. The van der Waals surface area contributed by atoms with E-state index < -0.39 is 0 Å². The molecule has 2 rings (SSSR count). The number of hydrogen-bond donors (Lipinski definition) is 1. The number of pyridine rings is 1. The molecule has 1 fully saturated rings. The molecule has 3 nitrogen and oxygen atoms in total. The molecule has 1 N–H and O–H groups in total. The second-order valence-corrected chi connectivity index (χ2v) is 4.84. The molecule has 1 saturated carbocycles. The third-order valence-corrected chi connectivity index (χ3v) is 3.66. The minimum Gasteiger partial charge on any atom is -0.381 e. The van der Waals surface area contributed by atoms with Crippen LogP contribution in [0, 0.1) is 6.92 Å². The van der Waals surface area contributed by atoms with Gasteiger partial charge in [0.1, 0.15) is 5.82 Å². The summed E-state index contributed by atoms with van der Waals surface area (Å²) in [5, 5.41) is 3.40. The molecule has 0 radical (unpaired) electrons. The Hall–Kier alpha value is -0.610. The van der Waals surface area contributed by atoms with Gasteiger partial charge in [0, 0.05) is 23.8 Å². The molecule has 82 valence electrons. The van der Waals surface area contributed by atoms with Gasteiger partial charge in [0.2, 0.25) is 0 Å². The highest BCUT2D eigenvalue weighted by molar-refractivity contribution is 9.10. The van der Waals surface area contributed by atoms with Crippen LogP contribution in [0.25, 0.3) is 0 Å². The van der Waals surface area contributed by atoms with Crippen LogP contribution in [0.4, 0.5) is 5.82 Å². The number of anilines is 1. The van der Waals surface area contributed by atoms with Crippen molar-refractivity contribution in [1.82, 2.24) is 4.98 Å². The first-order valence-corrected chi connectivity index (χ1v) is 5.90. The van der Waals surface area contributed by atoms with Gasteiger partial charge >= 0.3 is 0 Å². The average Bonchev–Trinajstić information content (AvgIpc) is 2.16. The maximum absolute atomic E-state index is 5.23. The fraction of sp³-hybridized carbons (Fsp3) is 0.545. The number of aromatic nitrogens is 1. The van der Waals surface area contributed by atoms with E-state index in [-0.39, 0.29) is 0 Å². The Kier molecular flexibility index (Phi) is 3.26. The summed E-state index contributed by atoms with van der Waals surface area (Å²) >= 11 is 3.44. The Morgan fingerprint density at radius 1 is 1.53 bits per heavy atom. The van der Waals surface area contributed by atoms with Crippen molar-refractivity contribution in [2.24, 2.45) is 0 Å². The largest absolute Gasteiger partial charge is 0.381 e. The lowest BCUT2D eigenvalue weighted by Gasteiger charge is -2.34. The van der Waals surface area contributed by atoms with Gasteiger partial charge in [-0.1, -0.05) is 0 Å². The van der Waals surface area contributed by atoms with Crippen molar-refractivity contribution in [3.8, 4) is 0 Å². The van der Waals surface area contributed by atoms with Crippen LogP contribution in [-0.2, 0) is 4.74 Å². The number of halogens is 1. The van der Waals surface area contributed by atoms with E-state index in [0.29, 0.717) is 12.1 Å². The number of rotatable bonds is 3. The Morgan fingerprint density at radius 2 is 2.27 bits per heavy atom. The molecular weight excluding hydrogens is 256 g/mol. The maximum atomic E-state index is 5.23. The Bertz CT molecular complexity index is 350. The molecule has 0 bridgehead atoms. The minimum atomic E-state index is 0.430. The number of aryl methyl sites for hydroxylation is 1. The second-order valence-electron chi connectivity index (χ2n) is 3.99. The van der Waals surface area contributed by atoms with Crippen LogP contribution in [0.1, 0.15) is 18.4 Å². The van der Waals surface area contributed by atoms with Crippen LogP contribution in [0.2, 0.25) is 0 Å². The molecule has 0 amide bonds. The molecule has 0 aliphatic heterocycles. The molecule has 0 atom stereocenters. The van der Waals surface area contributed by atoms with Gasteiger partial charge in [-0.25, -0.2) is 4.98 Å². The predicted molar refractivity (Wildman–Crippen MR) is 64.1 cm³/mol. The van der Waals surface area contributed by atoms with E-state index in [0.717, 1.165) is 23.1 Å². The Morgan fingerprint density at radius 3 is 2.87 bits per heavy atom. The number of ether oxygens (including phenoxy) is 1. The predicted octanol–water partition coefficient (Wildman–Crippen LogP) is 2.74. The number of nitrogens with zero attached hydrogens (tertiary/aromatic N) is 1. The summed E-state index contributed by atoms with van der Waals surface area (Å²) in [5.41, 5.74) is 1.20. The maximum Gasteiger partial charge on any atom is 0.126 e. The van der Waals surface area contributed by atoms with Crippen molar-refractivity contribution >= 4 is 21.7 Å². The summed E-state index contributed by atoms with van der Waals surface area (Å²) in [6.45, 7) is 2.07. The Balaban J connectivity index is 1.92. The molecule has 0 unspecified atom stereocenters. The lowest BCUT2D eigenvalue weighted by molar-refractivity contribution is 0.0328. The van der Waals surface area contributed by atoms with Crippen LogP contribution >= 0.6 is 15.9 Å². The van der Waals surface area contributed by atoms with Gasteiger partial charge in [0.15, 0.2) is 0 Å². The SMILES string of the molecule is COC1CC(Nc2cc(C)c(Br)cn2)C1. The van der Waals surface area contributed by atoms with E-state index in [4.69, 9.17) is 4.74 Å². The average molecular weight is 271 g/mol. The van der Waals surface area contributed by atoms with E-state index in [2.05, 4.69) is 39.2 Å².